The van der Waals surface area contributed by atoms with Crippen LogP contribution in [0, 0.1) is 15.9 Å². The largest absolute Gasteiger partial charge is 0.326 e. The Balaban J connectivity index is 2.06. The van der Waals surface area contributed by atoms with E-state index >= 15 is 0 Å². The van der Waals surface area contributed by atoms with Crippen LogP contribution in [0.5, 0.6) is 0 Å². The van der Waals surface area contributed by atoms with E-state index in [0.29, 0.717) is 11.1 Å². The molecule has 160 valence electrons. The van der Waals surface area contributed by atoms with Crippen molar-refractivity contribution < 1.29 is 18.9 Å². The molecule has 0 radical (unpaired) electrons. The zero-order valence-electron chi connectivity index (χ0n) is 17.5. The van der Waals surface area contributed by atoms with Crippen molar-refractivity contribution in [3.63, 3.8) is 0 Å². The summed E-state index contributed by atoms with van der Waals surface area (Å²) in [5, 5.41) is 11.5. The van der Waals surface area contributed by atoms with Gasteiger partial charge in [0.05, 0.1) is 10.5 Å². The summed E-state index contributed by atoms with van der Waals surface area (Å²) in [5.74, 6) is -1.21. The lowest BCUT2D eigenvalue weighted by Crippen LogP contribution is -2.64. The van der Waals surface area contributed by atoms with E-state index < -0.39 is 22.2 Å². The van der Waals surface area contributed by atoms with Crippen molar-refractivity contribution in [1.82, 2.24) is 9.80 Å². The molecular weight excluding hydrogens is 401 g/mol. The molecule has 1 aliphatic heterocycles. The molecule has 7 nitrogen and oxygen atoms in total. The Morgan fingerprint density at radius 2 is 1.81 bits per heavy atom. The first-order chi connectivity index (χ1) is 14.6. The standard InChI is InChI=1S/C23H22FN3O4/c1-5-16-7-6-8-19(27(30)31)18(16)13-20-21(28)26(4)23(2,22(29)25(20)3)14-15-9-11-17(24)12-10-15/h5-13H,1,14H2,2-4H3/b20-13+. The second kappa shape index (κ2) is 8.14. The summed E-state index contributed by atoms with van der Waals surface area (Å²) in [4.78, 5) is 40.0. The van der Waals surface area contributed by atoms with Gasteiger partial charge < -0.3 is 9.80 Å². The van der Waals surface area contributed by atoms with Crippen molar-refractivity contribution in [2.24, 2.45) is 0 Å². The summed E-state index contributed by atoms with van der Waals surface area (Å²) in [7, 11) is 2.97. The first-order valence-electron chi connectivity index (χ1n) is 9.52. The van der Waals surface area contributed by atoms with E-state index in [2.05, 4.69) is 6.58 Å². The molecule has 1 heterocycles. The number of carbonyl (C=O) groups is 2. The van der Waals surface area contributed by atoms with Gasteiger partial charge in [-0.1, -0.05) is 36.9 Å². The van der Waals surface area contributed by atoms with Gasteiger partial charge in [0, 0.05) is 26.6 Å². The number of hydrogen-bond acceptors (Lipinski definition) is 4. The van der Waals surface area contributed by atoms with Gasteiger partial charge in [0.15, 0.2) is 0 Å². The highest BCUT2D eigenvalue weighted by molar-refractivity contribution is 6.09. The van der Waals surface area contributed by atoms with Gasteiger partial charge in [-0.2, -0.15) is 0 Å². The predicted molar refractivity (Wildman–Crippen MR) is 115 cm³/mol. The van der Waals surface area contributed by atoms with Crippen molar-refractivity contribution in [2.75, 3.05) is 14.1 Å². The lowest BCUT2D eigenvalue weighted by atomic mass is 9.86. The van der Waals surface area contributed by atoms with Crippen LogP contribution < -0.4 is 0 Å². The Morgan fingerprint density at radius 3 is 2.39 bits per heavy atom. The quantitative estimate of drug-likeness (QED) is 0.418. The fourth-order valence-corrected chi connectivity index (χ4v) is 3.71. The number of likely N-dealkylation sites (N-methyl/N-ethyl adjacent to an activating group) is 2. The van der Waals surface area contributed by atoms with Gasteiger partial charge in [-0.3, -0.25) is 19.7 Å². The van der Waals surface area contributed by atoms with E-state index in [0.717, 1.165) is 0 Å². The molecule has 0 saturated carbocycles. The topological polar surface area (TPSA) is 83.8 Å². The van der Waals surface area contributed by atoms with E-state index in [9.17, 15) is 24.1 Å². The van der Waals surface area contributed by atoms with Gasteiger partial charge in [-0.05, 0) is 36.3 Å². The zero-order chi connectivity index (χ0) is 22.9. The van der Waals surface area contributed by atoms with Crippen LogP contribution in [-0.4, -0.2) is 46.2 Å². The highest BCUT2D eigenvalue weighted by Gasteiger charge is 2.48. The van der Waals surface area contributed by atoms with Crippen LogP contribution in [0.25, 0.3) is 12.2 Å². The number of carbonyl (C=O) groups excluding carboxylic acids is 2. The van der Waals surface area contributed by atoms with Crippen molar-refractivity contribution >= 4 is 29.7 Å². The van der Waals surface area contributed by atoms with Gasteiger partial charge in [-0.15, -0.1) is 0 Å². The van der Waals surface area contributed by atoms with Crippen molar-refractivity contribution in [3.05, 3.63) is 87.4 Å². The Kier molecular flexibility index (Phi) is 5.75. The first-order valence-corrected chi connectivity index (χ1v) is 9.52. The molecule has 2 aromatic rings. The summed E-state index contributed by atoms with van der Waals surface area (Å²) >= 11 is 0. The molecule has 1 unspecified atom stereocenters. The van der Waals surface area contributed by atoms with Crippen LogP contribution in [0.2, 0.25) is 0 Å². The Labute approximate surface area is 179 Å². The molecule has 1 fully saturated rings. The van der Waals surface area contributed by atoms with Crippen LogP contribution in [0.4, 0.5) is 10.1 Å². The number of hydrogen-bond donors (Lipinski definition) is 0. The number of piperazine rings is 1. The summed E-state index contributed by atoms with van der Waals surface area (Å²) in [6.45, 7) is 5.32. The highest BCUT2D eigenvalue weighted by Crippen LogP contribution is 2.33. The van der Waals surface area contributed by atoms with Crippen molar-refractivity contribution in [1.29, 1.82) is 0 Å². The maximum Gasteiger partial charge on any atom is 0.277 e. The van der Waals surface area contributed by atoms with Gasteiger partial charge in [0.2, 0.25) is 0 Å². The monoisotopic (exact) mass is 423 g/mol. The fraction of sp³-hybridized carbons (Fsp3) is 0.217. The minimum absolute atomic E-state index is 0.0153. The lowest BCUT2D eigenvalue weighted by Gasteiger charge is -2.45. The third-order valence-electron chi connectivity index (χ3n) is 5.67. The smallest absolute Gasteiger partial charge is 0.277 e. The number of nitrogens with zero attached hydrogens (tertiary/aromatic N) is 3. The van der Waals surface area contributed by atoms with Crippen molar-refractivity contribution in [3.8, 4) is 0 Å². The van der Waals surface area contributed by atoms with Crippen LogP contribution in [-0.2, 0) is 16.0 Å². The predicted octanol–water partition coefficient (Wildman–Crippen LogP) is 3.65. The molecule has 2 aromatic carbocycles. The Hall–Kier alpha value is -3.81. The summed E-state index contributed by atoms with van der Waals surface area (Å²) in [6, 6.07) is 10.2. The Bertz CT molecular complexity index is 1110. The summed E-state index contributed by atoms with van der Waals surface area (Å²) in [5.41, 5.74) is -0.0170. The molecule has 8 heteroatoms. The van der Waals surface area contributed by atoms with E-state index in [-0.39, 0.29) is 29.3 Å². The SMILES string of the molecule is C=Cc1cccc([N+](=O)[O-])c1/C=C1\C(=O)N(C)C(C)(Cc2ccc(F)cc2)C(=O)N1C. The zero-order valence-corrected chi connectivity index (χ0v) is 17.5. The summed E-state index contributed by atoms with van der Waals surface area (Å²) in [6.07, 6.45) is 3.00. The van der Waals surface area contributed by atoms with E-state index in [1.807, 2.05) is 0 Å². The van der Waals surface area contributed by atoms with Gasteiger partial charge in [0.1, 0.15) is 17.1 Å². The third-order valence-corrected chi connectivity index (χ3v) is 5.67. The number of amides is 2. The molecular formula is C23H22FN3O4. The van der Waals surface area contributed by atoms with Gasteiger partial charge in [0.25, 0.3) is 17.5 Å². The minimum Gasteiger partial charge on any atom is -0.326 e. The normalized spacial score (nSPS) is 20.3. The van der Waals surface area contributed by atoms with E-state index in [1.54, 1.807) is 25.1 Å². The first kappa shape index (κ1) is 21.9. The molecule has 31 heavy (non-hydrogen) atoms. The lowest BCUT2D eigenvalue weighted by molar-refractivity contribution is -0.385. The minimum atomic E-state index is -1.20. The molecule has 1 saturated heterocycles. The van der Waals surface area contributed by atoms with E-state index in [1.165, 1.54) is 60.3 Å². The van der Waals surface area contributed by atoms with Crippen LogP contribution >= 0.6 is 0 Å². The molecule has 0 N–H and O–H groups in total. The highest BCUT2D eigenvalue weighted by atomic mass is 19.1. The number of rotatable bonds is 5. The fourth-order valence-electron chi connectivity index (χ4n) is 3.71. The molecule has 1 aliphatic rings. The molecule has 0 aromatic heterocycles. The van der Waals surface area contributed by atoms with Gasteiger partial charge >= 0.3 is 0 Å². The number of nitro groups is 1. The number of benzene rings is 2. The summed E-state index contributed by atoms with van der Waals surface area (Å²) < 4.78 is 13.2. The molecule has 3 rings (SSSR count). The average molecular weight is 423 g/mol. The number of nitro benzene ring substituents is 1. The molecule has 1 atom stereocenters. The van der Waals surface area contributed by atoms with Crippen LogP contribution in [0.1, 0.15) is 23.6 Å². The van der Waals surface area contributed by atoms with Crippen molar-refractivity contribution in [2.45, 2.75) is 18.9 Å². The molecule has 0 aliphatic carbocycles. The van der Waals surface area contributed by atoms with Gasteiger partial charge in [-0.25, -0.2) is 4.39 Å². The van der Waals surface area contributed by atoms with Crippen LogP contribution in [0.15, 0.2) is 54.7 Å². The molecule has 0 bridgehead atoms. The number of halogens is 1. The average Bonchev–Trinajstić information content (AvgIpc) is 2.75. The van der Waals surface area contributed by atoms with E-state index in [4.69, 9.17) is 0 Å². The third kappa shape index (κ3) is 3.84. The Morgan fingerprint density at radius 1 is 1.16 bits per heavy atom. The molecule has 0 spiro atoms. The maximum atomic E-state index is 13.3. The maximum absolute atomic E-state index is 13.3. The molecule has 2 amide bonds. The second-order valence-electron chi connectivity index (χ2n) is 7.58. The second-order valence-corrected chi connectivity index (χ2v) is 7.58. The van der Waals surface area contributed by atoms with Crippen LogP contribution in [0.3, 0.4) is 0 Å².